The Hall–Kier alpha value is -4.40. The SMILES string of the molecule is O=C1Nc2ccc(NS(=O)(=O)c3ccccc3)cc2C1=C(Nc1ccc(CN2CCCC2)cc1)c1ccccc1. The van der Waals surface area contributed by atoms with Crippen LogP contribution in [0.1, 0.15) is 29.5 Å². The van der Waals surface area contributed by atoms with Gasteiger partial charge in [0.05, 0.1) is 16.2 Å². The van der Waals surface area contributed by atoms with Crippen LogP contribution >= 0.6 is 0 Å². The Morgan fingerprint density at radius 3 is 2.15 bits per heavy atom. The molecule has 8 heteroatoms. The van der Waals surface area contributed by atoms with Crippen LogP contribution in [0.25, 0.3) is 11.3 Å². The van der Waals surface area contributed by atoms with Crippen LogP contribution < -0.4 is 15.4 Å². The Labute approximate surface area is 234 Å². The number of nitrogens with one attached hydrogen (secondary N) is 3. The summed E-state index contributed by atoms with van der Waals surface area (Å²) in [7, 11) is -3.79. The van der Waals surface area contributed by atoms with Crippen molar-refractivity contribution in [1.82, 2.24) is 4.90 Å². The number of benzene rings is 4. The Morgan fingerprint density at radius 1 is 0.800 bits per heavy atom. The third-order valence-electron chi connectivity index (χ3n) is 7.21. The van der Waals surface area contributed by atoms with Crippen LogP contribution in [0.15, 0.2) is 108 Å². The molecule has 0 radical (unpaired) electrons. The summed E-state index contributed by atoms with van der Waals surface area (Å²) in [5, 5.41) is 6.42. The third kappa shape index (κ3) is 5.50. The van der Waals surface area contributed by atoms with Gasteiger partial charge in [-0.05, 0) is 79.5 Å². The quantitative estimate of drug-likeness (QED) is 0.234. The first-order chi connectivity index (χ1) is 19.5. The summed E-state index contributed by atoms with van der Waals surface area (Å²) in [5.41, 5.74) is 5.66. The molecule has 3 N–H and O–H groups in total. The van der Waals surface area contributed by atoms with Gasteiger partial charge in [0.15, 0.2) is 0 Å². The zero-order valence-corrected chi connectivity index (χ0v) is 22.7. The molecule has 0 saturated carbocycles. The van der Waals surface area contributed by atoms with Gasteiger partial charge >= 0.3 is 0 Å². The molecule has 0 unspecified atom stereocenters. The average Bonchev–Trinajstić information content (AvgIpc) is 3.60. The smallest absolute Gasteiger partial charge is 0.261 e. The van der Waals surface area contributed by atoms with Crippen LogP contribution in [-0.2, 0) is 21.4 Å². The van der Waals surface area contributed by atoms with Crippen LogP contribution in [-0.4, -0.2) is 32.3 Å². The number of carbonyl (C=O) groups excluding carboxylic acids is 1. The summed E-state index contributed by atoms with van der Waals surface area (Å²) in [6, 6.07) is 31.3. The summed E-state index contributed by atoms with van der Waals surface area (Å²) < 4.78 is 28.6. The van der Waals surface area contributed by atoms with E-state index in [9.17, 15) is 13.2 Å². The second-order valence-electron chi connectivity index (χ2n) is 10.1. The third-order valence-corrected chi connectivity index (χ3v) is 8.61. The summed E-state index contributed by atoms with van der Waals surface area (Å²) in [5.74, 6) is -0.255. The molecule has 0 bridgehead atoms. The molecule has 6 rings (SSSR count). The van der Waals surface area contributed by atoms with E-state index < -0.39 is 10.0 Å². The molecule has 1 amide bonds. The monoisotopic (exact) mass is 550 g/mol. The molecular formula is C32H30N4O3S. The highest BCUT2D eigenvalue weighted by Gasteiger charge is 2.29. The van der Waals surface area contributed by atoms with E-state index in [0.717, 1.165) is 30.9 Å². The molecule has 2 aliphatic rings. The largest absolute Gasteiger partial charge is 0.354 e. The van der Waals surface area contributed by atoms with Crippen molar-refractivity contribution in [2.75, 3.05) is 28.4 Å². The average molecular weight is 551 g/mol. The molecule has 2 aliphatic heterocycles. The molecule has 0 spiro atoms. The van der Waals surface area contributed by atoms with Gasteiger partial charge in [-0.15, -0.1) is 0 Å². The van der Waals surface area contributed by atoms with Crippen LogP contribution in [0.4, 0.5) is 17.1 Å². The fourth-order valence-corrected chi connectivity index (χ4v) is 6.28. The van der Waals surface area contributed by atoms with E-state index in [1.807, 2.05) is 42.5 Å². The first-order valence-electron chi connectivity index (χ1n) is 13.4. The summed E-state index contributed by atoms with van der Waals surface area (Å²) in [6.45, 7) is 3.22. The molecule has 7 nitrogen and oxygen atoms in total. The molecule has 0 aliphatic carbocycles. The van der Waals surface area contributed by atoms with Crippen molar-refractivity contribution < 1.29 is 13.2 Å². The Bertz CT molecular complexity index is 1660. The molecule has 202 valence electrons. The predicted molar refractivity (Wildman–Crippen MR) is 160 cm³/mol. The lowest BCUT2D eigenvalue weighted by Crippen LogP contribution is -2.18. The number of carbonyl (C=O) groups is 1. The molecule has 1 saturated heterocycles. The Balaban J connectivity index is 1.35. The highest BCUT2D eigenvalue weighted by atomic mass is 32.2. The lowest BCUT2D eigenvalue weighted by molar-refractivity contribution is -0.110. The van der Waals surface area contributed by atoms with Crippen LogP contribution in [0.3, 0.4) is 0 Å². The van der Waals surface area contributed by atoms with Crippen molar-refractivity contribution in [3.05, 3.63) is 120 Å². The van der Waals surface area contributed by atoms with E-state index >= 15 is 0 Å². The second-order valence-corrected chi connectivity index (χ2v) is 11.7. The molecule has 4 aromatic carbocycles. The number of hydrogen-bond donors (Lipinski definition) is 3. The topological polar surface area (TPSA) is 90.5 Å². The maximum atomic E-state index is 13.3. The lowest BCUT2D eigenvalue weighted by atomic mass is 9.99. The van der Waals surface area contributed by atoms with Crippen LogP contribution in [0.2, 0.25) is 0 Å². The molecule has 0 aromatic heterocycles. The first-order valence-corrected chi connectivity index (χ1v) is 14.9. The highest BCUT2D eigenvalue weighted by Crippen LogP contribution is 2.39. The number of anilines is 3. The maximum absolute atomic E-state index is 13.3. The van der Waals surface area contributed by atoms with Gasteiger partial charge in [-0.3, -0.25) is 14.4 Å². The number of fused-ring (bicyclic) bond motifs is 1. The van der Waals surface area contributed by atoms with Gasteiger partial charge in [-0.2, -0.15) is 0 Å². The minimum atomic E-state index is -3.79. The van der Waals surface area contributed by atoms with Gasteiger partial charge in [0.1, 0.15) is 0 Å². The minimum Gasteiger partial charge on any atom is -0.354 e. The van der Waals surface area contributed by atoms with E-state index in [-0.39, 0.29) is 10.8 Å². The van der Waals surface area contributed by atoms with E-state index in [1.54, 1.807) is 48.5 Å². The predicted octanol–water partition coefficient (Wildman–Crippen LogP) is 6.02. The van der Waals surface area contributed by atoms with Crippen molar-refractivity contribution in [1.29, 1.82) is 0 Å². The Morgan fingerprint density at radius 2 is 1.45 bits per heavy atom. The van der Waals surface area contributed by atoms with E-state index in [1.165, 1.54) is 18.4 Å². The Kier molecular flexibility index (Phi) is 7.11. The molecular weight excluding hydrogens is 520 g/mol. The molecule has 0 atom stereocenters. The number of likely N-dealkylation sites (tertiary alicyclic amines) is 1. The van der Waals surface area contributed by atoms with E-state index in [4.69, 9.17) is 0 Å². The van der Waals surface area contributed by atoms with E-state index in [2.05, 4.69) is 32.4 Å². The summed E-state index contributed by atoms with van der Waals surface area (Å²) >= 11 is 0. The number of hydrogen-bond acceptors (Lipinski definition) is 5. The molecule has 2 heterocycles. The number of rotatable bonds is 8. The van der Waals surface area contributed by atoms with Gasteiger partial charge in [-0.25, -0.2) is 8.42 Å². The van der Waals surface area contributed by atoms with Crippen LogP contribution in [0.5, 0.6) is 0 Å². The molecule has 1 fully saturated rings. The van der Waals surface area contributed by atoms with Gasteiger partial charge in [0.2, 0.25) is 0 Å². The fourth-order valence-electron chi connectivity index (χ4n) is 5.21. The van der Waals surface area contributed by atoms with Crippen molar-refractivity contribution >= 4 is 44.3 Å². The van der Waals surface area contributed by atoms with Gasteiger partial charge in [-0.1, -0.05) is 60.7 Å². The van der Waals surface area contributed by atoms with E-state index in [0.29, 0.717) is 28.2 Å². The van der Waals surface area contributed by atoms with Gasteiger partial charge < -0.3 is 10.6 Å². The van der Waals surface area contributed by atoms with Crippen molar-refractivity contribution in [2.45, 2.75) is 24.3 Å². The van der Waals surface area contributed by atoms with Crippen molar-refractivity contribution in [3.8, 4) is 0 Å². The zero-order valence-electron chi connectivity index (χ0n) is 21.9. The second kappa shape index (κ2) is 11.0. The van der Waals surface area contributed by atoms with Crippen LogP contribution in [0, 0.1) is 0 Å². The number of nitrogens with zero attached hydrogens (tertiary/aromatic N) is 1. The summed E-state index contributed by atoms with van der Waals surface area (Å²) in [4.78, 5) is 16.0. The van der Waals surface area contributed by atoms with Gasteiger partial charge in [0, 0.05) is 29.2 Å². The number of sulfonamides is 1. The lowest BCUT2D eigenvalue weighted by Gasteiger charge is -2.17. The minimum absolute atomic E-state index is 0.167. The fraction of sp³-hybridized carbons (Fsp3) is 0.156. The molecule has 40 heavy (non-hydrogen) atoms. The molecule has 4 aromatic rings. The highest BCUT2D eigenvalue weighted by molar-refractivity contribution is 7.92. The number of amides is 1. The summed E-state index contributed by atoms with van der Waals surface area (Å²) in [6.07, 6.45) is 2.51. The van der Waals surface area contributed by atoms with Crippen molar-refractivity contribution in [2.24, 2.45) is 0 Å². The van der Waals surface area contributed by atoms with Gasteiger partial charge in [0.25, 0.3) is 15.9 Å². The zero-order chi connectivity index (χ0) is 27.5. The normalized spacial score (nSPS) is 16.4. The maximum Gasteiger partial charge on any atom is 0.261 e. The van der Waals surface area contributed by atoms with Crippen molar-refractivity contribution in [3.63, 3.8) is 0 Å². The first kappa shape index (κ1) is 25.9. The standard InChI is InChI=1S/C32H30N4O3S/c37-32-30(28-21-26(17-18-29(28)34-32)35-40(38,39)27-11-5-2-6-12-27)31(24-9-3-1-4-10-24)33-25-15-13-23(14-16-25)22-36-19-7-8-20-36/h1-6,9-18,21,33,35H,7-8,19-20,22H2,(H,34,37).